The number of nitrogens with zero attached hydrogens (tertiary/aromatic N) is 3. The minimum Gasteiger partial charge on any atom is -0.371 e. The lowest BCUT2D eigenvalue weighted by Crippen LogP contribution is -2.31. The molecule has 5 nitrogen and oxygen atoms in total. The van der Waals surface area contributed by atoms with Crippen LogP contribution in [0.15, 0.2) is 24.3 Å². The summed E-state index contributed by atoms with van der Waals surface area (Å²) in [5.74, 6) is 0. The summed E-state index contributed by atoms with van der Waals surface area (Å²) in [6.07, 6.45) is 6.43. The first-order valence-corrected chi connectivity index (χ1v) is 8.40. The fourth-order valence-corrected chi connectivity index (χ4v) is 3.01. The van der Waals surface area contributed by atoms with Crippen LogP contribution in [-0.2, 0) is 0 Å². The van der Waals surface area contributed by atoms with Crippen LogP contribution >= 0.6 is 0 Å². The van der Waals surface area contributed by atoms with Crippen LogP contribution in [0.1, 0.15) is 38.2 Å². The molecule has 0 unspecified atom stereocenters. The summed E-state index contributed by atoms with van der Waals surface area (Å²) in [5.41, 5.74) is 3.23. The average Bonchev–Trinajstić information content (AvgIpc) is 2.55. The third kappa shape index (κ3) is 4.55. The fourth-order valence-electron chi connectivity index (χ4n) is 3.01. The molecule has 126 valence electrons. The van der Waals surface area contributed by atoms with E-state index in [1.165, 1.54) is 6.42 Å². The van der Waals surface area contributed by atoms with Crippen molar-refractivity contribution in [3.63, 3.8) is 0 Å². The summed E-state index contributed by atoms with van der Waals surface area (Å²) in [6.45, 7) is 4.89. The van der Waals surface area contributed by atoms with Gasteiger partial charge in [0.15, 0.2) is 0 Å². The molecule has 0 fully saturated rings. The monoisotopic (exact) mass is 317 g/mol. The molecule has 1 aliphatic carbocycles. The molecular formula is C18H27N3O2. The van der Waals surface area contributed by atoms with Gasteiger partial charge in [-0.15, -0.1) is 0 Å². The van der Waals surface area contributed by atoms with E-state index in [-0.39, 0.29) is 10.6 Å². The zero-order valence-electron chi connectivity index (χ0n) is 14.4. The van der Waals surface area contributed by atoms with E-state index in [0.29, 0.717) is 0 Å². The number of benzene rings is 1. The van der Waals surface area contributed by atoms with Crippen LogP contribution in [-0.4, -0.2) is 43.6 Å². The maximum Gasteiger partial charge on any atom is 0.277 e. The Morgan fingerprint density at radius 2 is 2.00 bits per heavy atom. The van der Waals surface area contributed by atoms with Crippen LogP contribution < -0.4 is 4.90 Å². The topological polar surface area (TPSA) is 49.6 Å². The SMILES string of the molecule is CCN(CCN(C)C)c1ccc([N+](=O)[O-])c(C2=CCCCC2)c1. The number of likely N-dealkylation sites (N-methyl/N-ethyl adjacent to an activating group) is 2. The third-order valence-electron chi connectivity index (χ3n) is 4.38. The molecule has 1 aliphatic rings. The second-order valence-corrected chi connectivity index (χ2v) is 6.32. The molecule has 23 heavy (non-hydrogen) atoms. The van der Waals surface area contributed by atoms with Crippen molar-refractivity contribution < 1.29 is 4.92 Å². The van der Waals surface area contributed by atoms with Gasteiger partial charge >= 0.3 is 0 Å². The van der Waals surface area contributed by atoms with Crippen molar-refractivity contribution in [2.45, 2.75) is 32.6 Å². The number of allylic oxidation sites excluding steroid dienone is 2. The molecule has 0 amide bonds. The van der Waals surface area contributed by atoms with Gasteiger partial charge in [0.2, 0.25) is 0 Å². The predicted molar refractivity (Wildman–Crippen MR) is 96.0 cm³/mol. The molecular weight excluding hydrogens is 290 g/mol. The normalized spacial score (nSPS) is 14.7. The van der Waals surface area contributed by atoms with Gasteiger partial charge in [0.05, 0.1) is 10.5 Å². The van der Waals surface area contributed by atoms with Crippen LogP contribution in [0.3, 0.4) is 0 Å². The highest BCUT2D eigenvalue weighted by Crippen LogP contribution is 2.35. The Bertz CT molecular complexity index is 582. The largest absolute Gasteiger partial charge is 0.371 e. The van der Waals surface area contributed by atoms with Gasteiger partial charge in [0.1, 0.15) is 0 Å². The van der Waals surface area contributed by atoms with Gasteiger partial charge in [0.25, 0.3) is 5.69 Å². The Kier molecular flexibility index (Phi) is 6.16. The minimum atomic E-state index is -0.259. The van der Waals surface area contributed by atoms with Crippen molar-refractivity contribution in [2.24, 2.45) is 0 Å². The van der Waals surface area contributed by atoms with E-state index in [4.69, 9.17) is 0 Å². The highest BCUT2D eigenvalue weighted by Gasteiger charge is 2.20. The molecule has 0 aromatic heterocycles. The van der Waals surface area contributed by atoms with E-state index < -0.39 is 0 Å². The van der Waals surface area contributed by atoms with E-state index in [2.05, 4.69) is 36.9 Å². The first-order chi connectivity index (χ1) is 11.0. The Balaban J connectivity index is 2.34. The Hall–Kier alpha value is -1.88. The molecule has 5 heteroatoms. The first kappa shape index (κ1) is 17.5. The maximum atomic E-state index is 11.4. The number of nitro benzene ring substituents is 1. The molecule has 1 aromatic rings. The zero-order chi connectivity index (χ0) is 16.8. The Morgan fingerprint density at radius 3 is 2.57 bits per heavy atom. The van der Waals surface area contributed by atoms with Gasteiger partial charge < -0.3 is 9.80 Å². The molecule has 1 aromatic carbocycles. The highest BCUT2D eigenvalue weighted by molar-refractivity contribution is 5.76. The van der Waals surface area contributed by atoms with E-state index in [0.717, 1.165) is 55.7 Å². The zero-order valence-corrected chi connectivity index (χ0v) is 14.4. The van der Waals surface area contributed by atoms with Crippen molar-refractivity contribution in [2.75, 3.05) is 38.6 Å². The van der Waals surface area contributed by atoms with Crippen LogP contribution in [0.25, 0.3) is 5.57 Å². The molecule has 0 heterocycles. The molecule has 0 saturated carbocycles. The van der Waals surface area contributed by atoms with E-state index in [1.807, 2.05) is 12.1 Å². The third-order valence-corrected chi connectivity index (χ3v) is 4.38. The van der Waals surface area contributed by atoms with Crippen molar-refractivity contribution in [3.8, 4) is 0 Å². The minimum absolute atomic E-state index is 0.227. The fraction of sp³-hybridized carbons (Fsp3) is 0.556. The number of nitro groups is 1. The van der Waals surface area contributed by atoms with Gasteiger partial charge in [0, 0.05) is 31.4 Å². The van der Waals surface area contributed by atoms with Crippen LogP contribution in [0.2, 0.25) is 0 Å². The Labute approximate surface area is 138 Å². The number of hydrogen-bond donors (Lipinski definition) is 0. The van der Waals surface area contributed by atoms with Crippen LogP contribution in [0.5, 0.6) is 0 Å². The number of rotatable bonds is 7. The van der Waals surface area contributed by atoms with E-state index >= 15 is 0 Å². The van der Waals surface area contributed by atoms with Crippen LogP contribution in [0.4, 0.5) is 11.4 Å². The second-order valence-electron chi connectivity index (χ2n) is 6.32. The summed E-state index contributed by atoms with van der Waals surface area (Å²) in [7, 11) is 4.11. The quantitative estimate of drug-likeness (QED) is 0.564. The number of hydrogen-bond acceptors (Lipinski definition) is 4. The lowest BCUT2D eigenvalue weighted by molar-refractivity contribution is -0.385. The average molecular weight is 317 g/mol. The molecule has 0 bridgehead atoms. The van der Waals surface area contributed by atoms with Crippen molar-refractivity contribution in [3.05, 3.63) is 40.0 Å². The second kappa shape index (κ2) is 8.11. The van der Waals surface area contributed by atoms with Gasteiger partial charge in [-0.2, -0.15) is 0 Å². The molecule has 0 atom stereocenters. The van der Waals surface area contributed by atoms with Gasteiger partial charge in [-0.1, -0.05) is 6.08 Å². The summed E-state index contributed by atoms with van der Waals surface area (Å²) in [6, 6.07) is 5.55. The Morgan fingerprint density at radius 1 is 1.22 bits per heavy atom. The smallest absolute Gasteiger partial charge is 0.277 e. The van der Waals surface area contributed by atoms with Crippen LogP contribution in [0, 0.1) is 10.1 Å². The standard InChI is InChI=1S/C18H27N3O2/c1-4-20(13-12-19(2)3)16-10-11-18(21(22)23)17(14-16)15-8-6-5-7-9-15/h8,10-11,14H,4-7,9,12-13H2,1-3H3. The molecule has 0 saturated heterocycles. The molecule has 0 N–H and O–H groups in total. The van der Waals surface area contributed by atoms with Gasteiger partial charge in [-0.3, -0.25) is 10.1 Å². The lowest BCUT2D eigenvalue weighted by Gasteiger charge is -2.26. The van der Waals surface area contributed by atoms with Gasteiger partial charge in [-0.05, 0) is 64.4 Å². The van der Waals surface area contributed by atoms with Gasteiger partial charge in [-0.25, -0.2) is 0 Å². The van der Waals surface area contributed by atoms with Crippen molar-refractivity contribution in [1.82, 2.24) is 4.90 Å². The van der Waals surface area contributed by atoms with Crippen molar-refractivity contribution in [1.29, 1.82) is 0 Å². The summed E-state index contributed by atoms with van der Waals surface area (Å²) in [5, 5.41) is 11.4. The summed E-state index contributed by atoms with van der Waals surface area (Å²) in [4.78, 5) is 15.6. The molecule has 2 rings (SSSR count). The summed E-state index contributed by atoms with van der Waals surface area (Å²) < 4.78 is 0. The van der Waals surface area contributed by atoms with E-state index in [9.17, 15) is 10.1 Å². The summed E-state index contributed by atoms with van der Waals surface area (Å²) >= 11 is 0. The number of anilines is 1. The highest BCUT2D eigenvalue weighted by atomic mass is 16.6. The molecule has 0 spiro atoms. The lowest BCUT2D eigenvalue weighted by atomic mass is 9.92. The van der Waals surface area contributed by atoms with Crippen molar-refractivity contribution >= 4 is 16.9 Å². The maximum absolute atomic E-state index is 11.4. The molecule has 0 aliphatic heterocycles. The molecule has 0 radical (unpaired) electrons. The first-order valence-electron chi connectivity index (χ1n) is 8.40. The van der Waals surface area contributed by atoms with E-state index in [1.54, 1.807) is 6.07 Å². The predicted octanol–water partition coefficient (Wildman–Crippen LogP) is 3.94.